The highest BCUT2D eigenvalue weighted by Gasteiger charge is 2.33. The predicted octanol–water partition coefficient (Wildman–Crippen LogP) is 2.15. The second-order valence-electron chi connectivity index (χ2n) is 8.27. The Labute approximate surface area is 205 Å². The Kier molecular flexibility index (Phi) is 7.17. The van der Waals surface area contributed by atoms with Gasteiger partial charge in [-0.1, -0.05) is 0 Å². The van der Waals surface area contributed by atoms with Crippen LogP contribution in [0.1, 0.15) is 12.7 Å². The van der Waals surface area contributed by atoms with Gasteiger partial charge in [0.15, 0.2) is 0 Å². The zero-order valence-electron chi connectivity index (χ0n) is 19.4. The van der Waals surface area contributed by atoms with Gasteiger partial charge in [-0.3, -0.25) is 24.6 Å². The van der Waals surface area contributed by atoms with Crippen molar-refractivity contribution in [3.63, 3.8) is 0 Å². The van der Waals surface area contributed by atoms with Crippen LogP contribution in [0, 0.1) is 15.9 Å². The van der Waals surface area contributed by atoms with E-state index in [1.165, 1.54) is 42.2 Å². The van der Waals surface area contributed by atoms with Crippen LogP contribution in [0.2, 0.25) is 0 Å². The fourth-order valence-electron chi connectivity index (χ4n) is 3.97. The van der Waals surface area contributed by atoms with E-state index in [1.807, 2.05) is 4.90 Å². The first kappa shape index (κ1) is 24.7. The Morgan fingerprint density at radius 1 is 1.22 bits per heavy atom. The second kappa shape index (κ2) is 10.5. The van der Waals surface area contributed by atoms with Gasteiger partial charge in [0.25, 0.3) is 0 Å². The average molecular weight is 501 g/mol. The molecule has 3 amide bonds. The number of hydrogen-bond acceptors (Lipinski definition) is 8. The van der Waals surface area contributed by atoms with E-state index in [9.17, 15) is 28.9 Å². The smallest absolute Gasteiger partial charge is 0.433 e. The summed E-state index contributed by atoms with van der Waals surface area (Å²) in [6, 6.07) is 7.08. The highest BCUT2D eigenvalue weighted by Crippen LogP contribution is 2.28. The van der Waals surface area contributed by atoms with E-state index in [-0.39, 0.29) is 30.7 Å². The van der Waals surface area contributed by atoms with E-state index in [0.29, 0.717) is 37.6 Å². The van der Waals surface area contributed by atoms with Gasteiger partial charge in [0.05, 0.1) is 30.5 Å². The van der Waals surface area contributed by atoms with Gasteiger partial charge in [0, 0.05) is 39.2 Å². The molecule has 2 aliphatic rings. The number of halogens is 1. The lowest BCUT2D eigenvalue weighted by atomic mass is 10.2. The summed E-state index contributed by atoms with van der Waals surface area (Å²) in [7, 11) is 0. The molecular weight excluding hydrogens is 477 g/mol. The largest absolute Gasteiger partial charge is 0.442 e. The summed E-state index contributed by atoms with van der Waals surface area (Å²) in [5.41, 5.74) is 0.704. The SMILES string of the molecule is CC(=O)NC[C@H]1CN(c2ccc(N3CCN(C(=O)/C=C/c4ccc([N+](=O)[O-])o4)CC3)c(F)c2)C(=O)O1. The summed E-state index contributed by atoms with van der Waals surface area (Å²) < 4.78 is 25.2. The summed E-state index contributed by atoms with van der Waals surface area (Å²) in [6.07, 6.45) is 1.51. The standard InChI is InChI=1S/C23H24FN5O7/c1-15(30)25-13-18-14-28(23(32)36-18)16-2-5-20(19(24)12-16)26-8-10-27(11-9-26)21(31)6-3-17-4-7-22(35-17)29(33)34/h2-7,12,18H,8-11,13-14H2,1H3,(H,25,30)/b6-3+/t18-/m0/s1. The summed E-state index contributed by atoms with van der Waals surface area (Å²) in [6.45, 7) is 3.23. The van der Waals surface area contributed by atoms with Gasteiger partial charge < -0.3 is 24.3 Å². The number of nitro groups is 1. The van der Waals surface area contributed by atoms with Crippen LogP contribution in [0.25, 0.3) is 6.08 Å². The Balaban J connectivity index is 1.32. The van der Waals surface area contributed by atoms with Crippen molar-refractivity contribution in [1.29, 1.82) is 0 Å². The van der Waals surface area contributed by atoms with Gasteiger partial charge in [0.2, 0.25) is 11.8 Å². The minimum absolute atomic E-state index is 0.178. The lowest BCUT2D eigenvalue weighted by Crippen LogP contribution is -2.48. The van der Waals surface area contributed by atoms with Gasteiger partial charge in [0.1, 0.15) is 22.6 Å². The molecule has 1 atom stereocenters. The van der Waals surface area contributed by atoms with E-state index < -0.39 is 28.8 Å². The molecule has 1 aromatic carbocycles. The number of carbonyl (C=O) groups is 3. The summed E-state index contributed by atoms with van der Waals surface area (Å²) in [5, 5.41) is 13.3. The van der Waals surface area contributed by atoms with Crippen molar-refractivity contribution in [2.45, 2.75) is 13.0 Å². The first-order chi connectivity index (χ1) is 17.2. The molecule has 2 aliphatic heterocycles. The minimum atomic E-state index is -0.661. The fourth-order valence-corrected chi connectivity index (χ4v) is 3.97. The molecule has 0 bridgehead atoms. The fraction of sp³-hybridized carbons (Fsp3) is 0.348. The van der Waals surface area contributed by atoms with Crippen molar-refractivity contribution >= 4 is 41.2 Å². The van der Waals surface area contributed by atoms with Crippen LogP contribution in [-0.2, 0) is 14.3 Å². The Hall–Kier alpha value is -4.42. The zero-order valence-corrected chi connectivity index (χ0v) is 19.4. The van der Waals surface area contributed by atoms with E-state index in [0.717, 1.165) is 0 Å². The molecule has 2 saturated heterocycles. The number of amides is 3. The molecule has 0 spiro atoms. The topological polar surface area (TPSA) is 138 Å². The number of rotatable bonds is 7. The third kappa shape index (κ3) is 5.62. The molecule has 0 radical (unpaired) electrons. The maximum absolute atomic E-state index is 15.0. The van der Waals surface area contributed by atoms with Gasteiger partial charge in [-0.2, -0.15) is 0 Å². The van der Waals surface area contributed by atoms with Gasteiger partial charge in [-0.15, -0.1) is 0 Å². The van der Waals surface area contributed by atoms with Crippen LogP contribution >= 0.6 is 0 Å². The highest BCUT2D eigenvalue weighted by atomic mass is 19.1. The number of anilines is 2. The second-order valence-corrected chi connectivity index (χ2v) is 8.27. The molecule has 2 fully saturated rings. The first-order valence-electron chi connectivity index (χ1n) is 11.2. The third-order valence-corrected chi connectivity index (χ3v) is 5.81. The number of piperazine rings is 1. The van der Waals surface area contributed by atoms with Gasteiger partial charge in [-0.05, 0) is 30.3 Å². The Bertz CT molecular complexity index is 1210. The Morgan fingerprint density at radius 3 is 2.61 bits per heavy atom. The third-order valence-electron chi connectivity index (χ3n) is 5.81. The Morgan fingerprint density at radius 2 is 1.97 bits per heavy atom. The predicted molar refractivity (Wildman–Crippen MR) is 126 cm³/mol. The summed E-state index contributed by atoms with van der Waals surface area (Å²) >= 11 is 0. The zero-order chi connectivity index (χ0) is 25.8. The van der Waals surface area contributed by atoms with E-state index in [4.69, 9.17) is 9.15 Å². The van der Waals surface area contributed by atoms with Crippen LogP contribution < -0.4 is 15.1 Å². The van der Waals surface area contributed by atoms with Crippen LogP contribution in [0.5, 0.6) is 0 Å². The summed E-state index contributed by atoms with van der Waals surface area (Å²) in [5.74, 6) is -1.24. The van der Waals surface area contributed by atoms with Gasteiger partial charge >= 0.3 is 12.0 Å². The maximum Gasteiger partial charge on any atom is 0.433 e. The monoisotopic (exact) mass is 501 g/mol. The van der Waals surface area contributed by atoms with E-state index in [1.54, 1.807) is 17.0 Å². The molecule has 1 aromatic heterocycles. The molecule has 1 N–H and O–H groups in total. The highest BCUT2D eigenvalue weighted by molar-refractivity contribution is 5.92. The first-order valence-corrected chi connectivity index (χ1v) is 11.2. The summed E-state index contributed by atoms with van der Waals surface area (Å²) in [4.78, 5) is 50.4. The van der Waals surface area contributed by atoms with Crippen molar-refractivity contribution in [2.24, 2.45) is 0 Å². The normalized spacial score (nSPS) is 18.0. The number of nitrogens with zero attached hydrogens (tertiary/aromatic N) is 4. The molecule has 0 saturated carbocycles. The van der Waals surface area contributed by atoms with Gasteiger partial charge in [-0.25, -0.2) is 9.18 Å². The van der Waals surface area contributed by atoms with Crippen LogP contribution in [0.15, 0.2) is 40.8 Å². The van der Waals surface area contributed by atoms with Crippen LogP contribution in [-0.4, -0.2) is 73.1 Å². The molecular formula is C23H24FN5O7. The molecule has 2 aromatic rings. The molecule has 36 heavy (non-hydrogen) atoms. The average Bonchev–Trinajstić information content (AvgIpc) is 3.48. The molecule has 0 unspecified atom stereocenters. The number of carbonyl (C=O) groups excluding carboxylic acids is 3. The van der Waals surface area contributed by atoms with Crippen LogP contribution in [0.3, 0.4) is 0 Å². The number of nitrogens with one attached hydrogen (secondary N) is 1. The van der Waals surface area contributed by atoms with Crippen molar-refractivity contribution in [2.75, 3.05) is 49.1 Å². The molecule has 3 heterocycles. The lowest BCUT2D eigenvalue weighted by Gasteiger charge is -2.36. The molecule has 0 aliphatic carbocycles. The van der Waals surface area contributed by atoms with Crippen LogP contribution in [0.4, 0.5) is 26.4 Å². The van der Waals surface area contributed by atoms with Crippen molar-refractivity contribution in [3.05, 3.63) is 58.1 Å². The number of hydrogen-bond donors (Lipinski definition) is 1. The lowest BCUT2D eigenvalue weighted by molar-refractivity contribution is -0.402. The quantitative estimate of drug-likeness (QED) is 0.346. The minimum Gasteiger partial charge on any atom is -0.442 e. The molecule has 12 nitrogen and oxygen atoms in total. The van der Waals surface area contributed by atoms with Crippen molar-refractivity contribution in [3.8, 4) is 0 Å². The van der Waals surface area contributed by atoms with Crippen molar-refractivity contribution < 1.29 is 32.9 Å². The molecule has 4 rings (SSSR count). The van der Waals surface area contributed by atoms with E-state index in [2.05, 4.69) is 5.32 Å². The number of ether oxygens (including phenoxy) is 1. The number of cyclic esters (lactones) is 1. The van der Waals surface area contributed by atoms with Crippen molar-refractivity contribution in [1.82, 2.24) is 10.2 Å². The van der Waals surface area contributed by atoms with E-state index >= 15 is 0 Å². The molecule has 190 valence electrons. The molecule has 13 heteroatoms. The number of furan rings is 1. The number of benzene rings is 1. The maximum atomic E-state index is 15.0.